The molecule has 0 aliphatic carbocycles. The lowest BCUT2D eigenvalue weighted by Gasteiger charge is -2.04. The maximum Gasteiger partial charge on any atom is 0.456 e. The van der Waals surface area contributed by atoms with Gasteiger partial charge in [-0.2, -0.15) is 13.2 Å². The number of hydrogen-bond donors (Lipinski definition) is 0. The molecule has 0 atom stereocenters. The number of Topliss-reactive ketones (excluding diaryl/α,β-unsaturated/α-hetero) is 1. The van der Waals surface area contributed by atoms with E-state index in [1.54, 1.807) is 0 Å². The van der Waals surface area contributed by atoms with Crippen molar-refractivity contribution in [1.29, 1.82) is 0 Å². The first-order valence-electron chi connectivity index (χ1n) is 3.88. The van der Waals surface area contributed by atoms with Gasteiger partial charge in [0.1, 0.15) is 5.69 Å². The van der Waals surface area contributed by atoms with Gasteiger partial charge >= 0.3 is 12.1 Å². The molecule has 0 N–H and O–H groups in total. The predicted octanol–water partition coefficient (Wildman–Crippen LogP) is 1.01. The van der Waals surface area contributed by atoms with Gasteiger partial charge in [-0.15, -0.1) is 0 Å². The fourth-order valence-corrected chi connectivity index (χ4v) is 0.824. The molecule has 0 aliphatic heterocycles. The van der Waals surface area contributed by atoms with Gasteiger partial charge in [0.25, 0.3) is 5.78 Å². The number of carbonyl (C=O) groups excluding carboxylic acids is 2. The smallest absolute Gasteiger partial charge is 0.456 e. The summed E-state index contributed by atoms with van der Waals surface area (Å²) in [6, 6.07) is 0. The van der Waals surface area contributed by atoms with Crippen LogP contribution in [-0.4, -0.2) is 35.0 Å². The molecule has 1 aromatic heterocycles. The van der Waals surface area contributed by atoms with E-state index in [0.29, 0.717) is 6.20 Å². The second-order valence-corrected chi connectivity index (χ2v) is 2.61. The Balaban J connectivity index is 3.09. The summed E-state index contributed by atoms with van der Waals surface area (Å²) in [4.78, 5) is 28.2. The minimum atomic E-state index is -5.05. The number of esters is 1. The van der Waals surface area contributed by atoms with Gasteiger partial charge in [-0.3, -0.25) is 9.78 Å². The van der Waals surface area contributed by atoms with Crippen molar-refractivity contribution in [3.8, 4) is 0 Å². The maximum absolute atomic E-state index is 12.0. The van der Waals surface area contributed by atoms with Crippen molar-refractivity contribution >= 4 is 11.8 Å². The number of hydrogen-bond acceptors (Lipinski definition) is 5. The molecule has 0 spiro atoms. The van der Waals surface area contributed by atoms with Gasteiger partial charge in [0.15, 0.2) is 5.69 Å². The lowest BCUT2D eigenvalue weighted by molar-refractivity contribution is -0.0888. The molecule has 1 aromatic rings. The molecule has 0 radical (unpaired) electrons. The fourth-order valence-electron chi connectivity index (χ4n) is 0.824. The Labute approximate surface area is 87.3 Å². The lowest BCUT2D eigenvalue weighted by Crippen LogP contribution is -2.24. The number of alkyl halides is 3. The van der Waals surface area contributed by atoms with Crippen molar-refractivity contribution in [2.75, 3.05) is 7.11 Å². The van der Waals surface area contributed by atoms with Crippen LogP contribution in [0.3, 0.4) is 0 Å². The molecule has 16 heavy (non-hydrogen) atoms. The summed E-state index contributed by atoms with van der Waals surface area (Å²) in [5.41, 5.74) is -1.41. The van der Waals surface area contributed by atoms with E-state index in [1.807, 2.05) is 0 Å². The van der Waals surface area contributed by atoms with Crippen LogP contribution in [0.2, 0.25) is 0 Å². The minimum absolute atomic E-state index is 0.461. The third kappa shape index (κ3) is 2.53. The van der Waals surface area contributed by atoms with Gasteiger partial charge < -0.3 is 4.74 Å². The normalized spacial score (nSPS) is 11.0. The van der Waals surface area contributed by atoms with Crippen molar-refractivity contribution in [3.63, 3.8) is 0 Å². The van der Waals surface area contributed by atoms with E-state index in [4.69, 9.17) is 0 Å². The van der Waals surface area contributed by atoms with E-state index in [2.05, 4.69) is 14.7 Å². The molecule has 0 saturated heterocycles. The average molecular weight is 234 g/mol. The molecule has 8 heteroatoms. The SMILES string of the molecule is COC(=O)c1cncc(C(=O)C(F)(F)F)n1. The first kappa shape index (κ1) is 12.1. The highest BCUT2D eigenvalue weighted by Gasteiger charge is 2.40. The lowest BCUT2D eigenvalue weighted by atomic mass is 10.3. The van der Waals surface area contributed by atoms with Crippen LogP contribution in [0.4, 0.5) is 13.2 Å². The predicted molar refractivity (Wildman–Crippen MR) is 43.8 cm³/mol. The zero-order valence-corrected chi connectivity index (χ0v) is 7.91. The number of ether oxygens (including phenoxy) is 1. The highest BCUT2D eigenvalue weighted by atomic mass is 19.4. The van der Waals surface area contributed by atoms with E-state index in [9.17, 15) is 22.8 Å². The number of halogens is 3. The van der Waals surface area contributed by atoms with Gasteiger partial charge in [0.2, 0.25) is 0 Å². The van der Waals surface area contributed by atoms with Gasteiger partial charge in [-0.1, -0.05) is 0 Å². The van der Waals surface area contributed by atoms with Crippen LogP contribution >= 0.6 is 0 Å². The van der Waals surface area contributed by atoms with Crippen LogP contribution in [0.15, 0.2) is 12.4 Å². The van der Waals surface area contributed by atoms with Gasteiger partial charge in [0, 0.05) is 0 Å². The Morgan fingerprint density at radius 3 is 2.31 bits per heavy atom. The number of rotatable bonds is 2. The molecule has 0 aromatic carbocycles. The van der Waals surface area contributed by atoms with E-state index in [0.717, 1.165) is 13.3 Å². The van der Waals surface area contributed by atoms with E-state index in [-0.39, 0.29) is 0 Å². The van der Waals surface area contributed by atoms with Crippen molar-refractivity contribution in [2.24, 2.45) is 0 Å². The Hall–Kier alpha value is -1.99. The number of methoxy groups -OCH3 is 1. The quantitative estimate of drug-likeness (QED) is 0.564. The van der Waals surface area contributed by atoms with Crippen molar-refractivity contribution < 1.29 is 27.5 Å². The summed E-state index contributed by atoms with van der Waals surface area (Å²) in [7, 11) is 1.03. The first-order chi connectivity index (χ1) is 7.36. The second-order valence-electron chi connectivity index (χ2n) is 2.61. The summed E-state index contributed by atoms with van der Waals surface area (Å²) in [5.74, 6) is -3.13. The summed E-state index contributed by atoms with van der Waals surface area (Å²) in [6.45, 7) is 0. The zero-order chi connectivity index (χ0) is 12.3. The molecule has 0 fully saturated rings. The van der Waals surface area contributed by atoms with Crippen molar-refractivity contribution in [2.45, 2.75) is 6.18 Å². The summed E-state index contributed by atoms with van der Waals surface area (Å²) in [6.07, 6.45) is -3.52. The average Bonchev–Trinajstić information content (AvgIpc) is 2.26. The molecule has 5 nitrogen and oxygen atoms in total. The fraction of sp³-hybridized carbons (Fsp3) is 0.250. The van der Waals surface area contributed by atoms with E-state index >= 15 is 0 Å². The molecular weight excluding hydrogens is 229 g/mol. The monoisotopic (exact) mass is 234 g/mol. The first-order valence-corrected chi connectivity index (χ1v) is 3.88. The molecule has 0 saturated carbocycles. The molecule has 1 heterocycles. The Morgan fingerprint density at radius 1 is 1.25 bits per heavy atom. The molecule has 1 rings (SSSR count). The topological polar surface area (TPSA) is 69.2 Å². The maximum atomic E-state index is 12.0. The van der Waals surface area contributed by atoms with Crippen LogP contribution in [0.5, 0.6) is 0 Å². The zero-order valence-electron chi connectivity index (χ0n) is 7.91. The van der Waals surface area contributed by atoms with Crippen molar-refractivity contribution in [1.82, 2.24) is 9.97 Å². The minimum Gasteiger partial charge on any atom is -0.464 e. The van der Waals surface area contributed by atoms with Gasteiger partial charge in [0.05, 0.1) is 19.5 Å². The second kappa shape index (κ2) is 4.25. The molecule has 86 valence electrons. The summed E-state index contributed by atoms with van der Waals surface area (Å²) >= 11 is 0. The standard InChI is InChI=1S/C8H5F3N2O3/c1-16-7(15)5-3-12-2-4(13-5)6(14)8(9,10)11/h2-3H,1H3. The van der Waals surface area contributed by atoms with E-state index < -0.39 is 29.3 Å². The molecule has 0 bridgehead atoms. The third-order valence-corrected chi connectivity index (χ3v) is 1.52. The Bertz CT molecular complexity index is 431. The van der Waals surface area contributed by atoms with Crippen molar-refractivity contribution in [3.05, 3.63) is 23.8 Å². The summed E-state index contributed by atoms with van der Waals surface area (Å²) < 4.78 is 40.3. The number of carbonyl (C=O) groups is 2. The van der Waals surface area contributed by atoms with Crippen LogP contribution in [0.1, 0.15) is 21.0 Å². The molecule has 0 unspecified atom stereocenters. The largest absolute Gasteiger partial charge is 0.464 e. The molecule has 0 amide bonds. The Kier molecular flexibility index (Phi) is 3.21. The highest BCUT2D eigenvalue weighted by molar-refractivity contribution is 5.99. The highest BCUT2D eigenvalue weighted by Crippen LogP contribution is 2.19. The molecule has 0 aliphatic rings. The number of ketones is 1. The number of aromatic nitrogens is 2. The molecular formula is C8H5F3N2O3. The van der Waals surface area contributed by atoms with Crippen LogP contribution in [0.25, 0.3) is 0 Å². The van der Waals surface area contributed by atoms with Crippen LogP contribution < -0.4 is 0 Å². The third-order valence-electron chi connectivity index (χ3n) is 1.52. The summed E-state index contributed by atoms with van der Waals surface area (Å²) in [5, 5.41) is 0. The Morgan fingerprint density at radius 2 is 1.81 bits per heavy atom. The van der Waals surface area contributed by atoms with E-state index in [1.165, 1.54) is 0 Å². The van der Waals surface area contributed by atoms with Gasteiger partial charge in [-0.05, 0) is 0 Å². The van der Waals surface area contributed by atoms with Gasteiger partial charge in [-0.25, -0.2) is 9.78 Å². The number of nitrogens with zero attached hydrogens (tertiary/aromatic N) is 2. The van der Waals surface area contributed by atoms with Crippen LogP contribution in [-0.2, 0) is 4.74 Å². The van der Waals surface area contributed by atoms with Crippen LogP contribution in [0, 0.1) is 0 Å².